The molecule has 2 N–H and O–H groups in total. The Labute approximate surface area is 131 Å². The van der Waals surface area contributed by atoms with E-state index in [4.69, 9.17) is 9.84 Å². The highest BCUT2D eigenvalue weighted by atomic mass is 16.5. The highest BCUT2D eigenvalue weighted by molar-refractivity contribution is 5.49. The van der Waals surface area contributed by atoms with Crippen LogP contribution < -0.4 is 10.1 Å². The van der Waals surface area contributed by atoms with E-state index >= 15 is 0 Å². The van der Waals surface area contributed by atoms with E-state index in [1.54, 1.807) is 0 Å². The summed E-state index contributed by atoms with van der Waals surface area (Å²) in [5.41, 5.74) is 4.30. The molecule has 2 aromatic rings. The van der Waals surface area contributed by atoms with Gasteiger partial charge in [0, 0.05) is 29.6 Å². The van der Waals surface area contributed by atoms with Crippen LogP contribution in [0.2, 0.25) is 0 Å². The summed E-state index contributed by atoms with van der Waals surface area (Å²) in [5, 5.41) is 16.9. The maximum Gasteiger partial charge on any atom is 0.121 e. The van der Waals surface area contributed by atoms with Crippen LogP contribution in [-0.4, -0.2) is 28.1 Å². The third kappa shape index (κ3) is 4.01. The van der Waals surface area contributed by atoms with Crippen molar-refractivity contribution in [3.63, 3.8) is 0 Å². The highest BCUT2D eigenvalue weighted by Gasteiger charge is 2.10. The molecular formula is C17H25N3O2. The Hall–Kier alpha value is -2.01. The average molecular weight is 303 g/mol. The number of aliphatic hydroxyl groups is 1. The number of nitrogens with one attached hydrogen (secondary N) is 1. The van der Waals surface area contributed by atoms with E-state index in [1.165, 1.54) is 5.56 Å². The van der Waals surface area contributed by atoms with Gasteiger partial charge in [-0.15, -0.1) is 0 Å². The van der Waals surface area contributed by atoms with Crippen molar-refractivity contribution in [3.8, 4) is 5.75 Å². The molecule has 0 spiro atoms. The van der Waals surface area contributed by atoms with Gasteiger partial charge in [0.1, 0.15) is 5.75 Å². The zero-order chi connectivity index (χ0) is 15.9. The molecule has 0 aliphatic carbocycles. The van der Waals surface area contributed by atoms with Crippen molar-refractivity contribution in [1.82, 2.24) is 9.78 Å². The molecule has 22 heavy (non-hydrogen) atoms. The van der Waals surface area contributed by atoms with Crippen LogP contribution in [0.25, 0.3) is 0 Å². The topological polar surface area (TPSA) is 59.3 Å². The molecule has 5 nitrogen and oxygen atoms in total. The lowest BCUT2D eigenvalue weighted by molar-refractivity contribution is 0.268. The third-order valence-corrected chi connectivity index (χ3v) is 3.62. The van der Waals surface area contributed by atoms with E-state index in [1.807, 2.05) is 42.8 Å². The number of aryl methyl sites for hydroxylation is 1. The molecule has 0 aliphatic rings. The molecule has 0 amide bonds. The Morgan fingerprint density at radius 3 is 2.86 bits per heavy atom. The van der Waals surface area contributed by atoms with E-state index in [-0.39, 0.29) is 6.61 Å². The van der Waals surface area contributed by atoms with Crippen molar-refractivity contribution in [2.24, 2.45) is 0 Å². The minimum Gasteiger partial charge on any atom is -0.494 e. The van der Waals surface area contributed by atoms with Crippen LogP contribution >= 0.6 is 0 Å². The summed E-state index contributed by atoms with van der Waals surface area (Å²) < 4.78 is 7.50. The second kappa shape index (κ2) is 7.84. The monoisotopic (exact) mass is 303 g/mol. The van der Waals surface area contributed by atoms with Gasteiger partial charge in [0.2, 0.25) is 0 Å². The van der Waals surface area contributed by atoms with Gasteiger partial charge in [-0.3, -0.25) is 4.68 Å². The van der Waals surface area contributed by atoms with Crippen molar-refractivity contribution < 1.29 is 9.84 Å². The molecule has 1 aromatic carbocycles. The normalized spacial score (nSPS) is 10.7. The lowest BCUT2D eigenvalue weighted by Gasteiger charge is -2.10. The van der Waals surface area contributed by atoms with Crippen LogP contribution in [0.5, 0.6) is 5.75 Å². The van der Waals surface area contributed by atoms with E-state index in [2.05, 4.69) is 17.3 Å². The van der Waals surface area contributed by atoms with Crippen LogP contribution in [0.15, 0.2) is 24.3 Å². The number of ether oxygens (including phenoxy) is 1. The summed E-state index contributed by atoms with van der Waals surface area (Å²) in [6.45, 7) is 8.21. The average Bonchev–Trinajstić information content (AvgIpc) is 2.78. The maximum absolute atomic E-state index is 9.06. The van der Waals surface area contributed by atoms with E-state index in [0.717, 1.165) is 35.9 Å². The molecule has 1 aromatic heterocycles. The van der Waals surface area contributed by atoms with Crippen LogP contribution in [0.1, 0.15) is 30.3 Å². The summed E-state index contributed by atoms with van der Waals surface area (Å²) in [6.07, 6.45) is 1.00. The molecule has 2 rings (SSSR count). The Morgan fingerprint density at radius 1 is 1.32 bits per heavy atom. The number of rotatable bonds is 8. The largest absolute Gasteiger partial charge is 0.494 e. The Bertz CT molecular complexity index is 608. The fourth-order valence-electron chi connectivity index (χ4n) is 2.41. The molecule has 0 unspecified atom stereocenters. The number of aromatic nitrogens is 2. The summed E-state index contributed by atoms with van der Waals surface area (Å²) in [7, 11) is 0. The fourth-order valence-corrected chi connectivity index (χ4v) is 2.41. The molecule has 0 saturated carbocycles. The molecule has 120 valence electrons. The first-order valence-corrected chi connectivity index (χ1v) is 7.76. The number of nitrogens with zero attached hydrogens (tertiary/aromatic N) is 2. The number of benzene rings is 1. The minimum absolute atomic E-state index is 0.103. The van der Waals surface area contributed by atoms with Crippen molar-refractivity contribution in [3.05, 3.63) is 41.2 Å². The minimum atomic E-state index is 0.103. The van der Waals surface area contributed by atoms with Crippen molar-refractivity contribution in [2.75, 3.05) is 18.5 Å². The van der Waals surface area contributed by atoms with Crippen LogP contribution in [0.4, 0.5) is 5.69 Å². The molecular weight excluding hydrogens is 278 g/mol. The van der Waals surface area contributed by atoms with Crippen LogP contribution in [0.3, 0.4) is 0 Å². The number of anilines is 1. The zero-order valence-corrected chi connectivity index (χ0v) is 13.6. The van der Waals surface area contributed by atoms with Gasteiger partial charge in [-0.1, -0.05) is 13.0 Å². The maximum atomic E-state index is 9.06. The van der Waals surface area contributed by atoms with Gasteiger partial charge < -0.3 is 15.2 Å². The predicted octanol–water partition coefficient (Wildman–Crippen LogP) is 2.89. The molecule has 0 aliphatic heterocycles. The number of hydrogen-bond acceptors (Lipinski definition) is 4. The SMILES string of the molecule is CCCOc1cccc(NCc2c(C)nn(CCO)c2C)c1. The van der Waals surface area contributed by atoms with Gasteiger partial charge in [0.15, 0.2) is 0 Å². The lowest BCUT2D eigenvalue weighted by Crippen LogP contribution is -2.07. The molecule has 0 saturated heterocycles. The van der Waals surface area contributed by atoms with Crippen molar-refractivity contribution in [2.45, 2.75) is 40.3 Å². The molecule has 0 radical (unpaired) electrons. The van der Waals surface area contributed by atoms with E-state index in [9.17, 15) is 0 Å². The fraction of sp³-hybridized carbons (Fsp3) is 0.471. The molecule has 1 heterocycles. The lowest BCUT2D eigenvalue weighted by atomic mass is 10.2. The van der Waals surface area contributed by atoms with Crippen LogP contribution in [-0.2, 0) is 13.1 Å². The first kappa shape index (κ1) is 16.4. The molecule has 0 fully saturated rings. The Morgan fingerprint density at radius 2 is 2.14 bits per heavy atom. The first-order chi connectivity index (χ1) is 10.7. The third-order valence-electron chi connectivity index (χ3n) is 3.62. The standard InChI is InChI=1S/C17H25N3O2/c1-4-10-22-16-7-5-6-15(11-16)18-12-17-13(2)19-20(8-9-21)14(17)3/h5-7,11,18,21H,4,8-10,12H2,1-3H3. The number of aliphatic hydroxyl groups excluding tert-OH is 1. The highest BCUT2D eigenvalue weighted by Crippen LogP contribution is 2.20. The first-order valence-electron chi connectivity index (χ1n) is 7.76. The predicted molar refractivity (Wildman–Crippen MR) is 88.3 cm³/mol. The molecule has 5 heteroatoms. The Kier molecular flexibility index (Phi) is 5.83. The second-order valence-electron chi connectivity index (χ2n) is 5.33. The summed E-state index contributed by atoms with van der Waals surface area (Å²) in [5.74, 6) is 0.885. The van der Waals surface area contributed by atoms with Gasteiger partial charge >= 0.3 is 0 Å². The number of hydrogen-bond donors (Lipinski definition) is 2. The summed E-state index contributed by atoms with van der Waals surface area (Å²) >= 11 is 0. The smallest absolute Gasteiger partial charge is 0.121 e. The van der Waals surface area contributed by atoms with E-state index < -0.39 is 0 Å². The van der Waals surface area contributed by atoms with Gasteiger partial charge in [-0.2, -0.15) is 5.10 Å². The van der Waals surface area contributed by atoms with Crippen LogP contribution in [0, 0.1) is 13.8 Å². The van der Waals surface area contributed by atoms with E-state index in [0.29, 0.717) is 13.1 Å². The van der Waals surface area contributed by atoms with Gasteiger partial charge in [0.25, 0.3) is 0 Å². The summed E-state index contributed by atoms with van der Waals surface area (Å²) in [6, 6.07) is 8.00. The van der Waals surface area contributed by atoms with Crippen molar-refractivity contribution in [1.29, 1.82) is 0 Å². The summed E-state index contributed by atoms with van der Waals surface area (Å²) in [4.78, 5) is 0. The van der Waals surface area contributed by atoms with Gasteiger partial charge in [-0.05, 0) is 32.4 Å². The zero-order valence-electron chi connectivity index (χ0n) is 13.6. The quantitative estimate of drug-likeness (QED) is 0.787. The van der Waals surface area contributed by atoms with Gasteiger partial charge in [-0.25, -0.2) is 0 Å². The molecule has 0 bridgehead atoms. The van der Waals surface area contributed by atoms with Gasteiger partial charge in [0.05, 0.1) is 25.5 Å². The Balaban J connectivity index is 2.04. The molecule has 0 atom stereocenters. The van der Waals surface area contributed by atoms with Crippen molar-refractivity contribution >= 4 is 5.69 Å². The second-order valence-corrected chi connectivity index (χ2v) is 5.33.